The molecular weight excluding hydrogens is 390 g/mol. The van der Waals surface area contributed by atoms with E-state index in [2.05, 4.69) is 17.4 Å². The van der Waals surface area contributed by atoms with E-state index in [0.717, 1.165) is 39.6 Å². The molecule has 0 bridgehead atoms. The van der Waals surface area contributed by atoms with Crippen LogP contribution in [-0.2, 0) is 10.3 Å². The number of nitrogens with one attached hydrogen (secondary N) is 1. The second kappa shape index (κ2) is 8.60. The summed E-state index contributed by atoms with van der Waals surface area (Å²) in [6, 6.07) is 22.3. The standard InChI is InChI=1S/C25H27N3O3/c1-4-30-22-14-19(13-21(15-22)27-20-8-6-5-7-9-20)25(16-31-24(26)28-25)18-10-11-23(29-3)17(2)12-18/h5-15,27H,4,16H2,1-3H3,(H2,26,28)/t25-/m0/s1. The lowest BCUT2D eigenvalue weighted by atomic mass is 9.83. The van der Waals surface area contributed by atoms with Crippen molar-refractivity contribution >= 4 is 17.4 Å². The van der Waals surface area contributed by atoms with E-state index in [1.165, 1.54) is 0 Å². The summed E-state index contributed by atoms with van der Waals surface area (Å²) >= 11 is 0. The molecule has 3 aromatic rings. The summed E-state index contributed by atoms with van der Waals surface area (Å²) < 4.78 is 17.0. The highest BCUT2D eigenvalue weighted by molar-refractivity contribution is 5.76. The number of hydrogen-bond acceptors (Lipinski definition) is 6. The van der Waals surface area contributed by atoms with Crippen LogP contribution >= 0.6 is 0 Å². The van der Waals surface area contributed by atoms with Crippen molar-refractivity contribution in [2.75, 3.05) is 25.6 Å². The largest absolute Gasteiger partial charge is 0.496 e. The summed E-state index contributed by atoms with van der Waals surface area (Å²) in [5, 5.41) is 3.46. The van der Waals surface area contributed by atoms with Gasteiger partial charge in [-0.15, -0.1) is 0 Å². The van der Waals surface area contributed by atoms with Crippen LogP contribution in [0.15, 0.2) is 71.7 Å². The topological polar surface area (TPSA) is 78.1 Å². The summed E-state index contributed by atoms with van der Waals surface area (Å²) in [7, 11) is 1.67. The monoisotopic (exact) mass is 417 g/mol. The first-order valence-electron chi connectivity index (χ1n) is 10.3. The normalized spacial score (nSPS) is 17.6. The van der Waals surface area contributed by atoms with Crippen molar-refractivity contribution in [1.29, 1.82) is 0 Å². The molecule has 0 fully saturated rings. The van der Waals surface area contributed by atoms with Gasteiger partial charge >= 0.3 is 0 Å². The average Bonchev–Trinajstić information content (AvgIpc) is 3.17. The molecule has 0 unspecified atom stereocenters. The number of hydrogen-bond donors (Lipinski definition) is 2. The molecule has 0 amide bonds. The molecule has 160 valence electrons. The highest BCUT2D eigenvalue weighted by Crippen LogP contribution is 2.41. The maximum Gasteiger partial charge on any atom is 0.283 e. The third kappa shape index (κ3) is 4.14. The van der Waals surface area contributed by atoms with Crippen LogP contribution in [0.25, 0.3) is 0 Å². The molecule has 1 aliphatic rings. The highest BCUT2D eigenvalue weighted by Gasteiger charge is 2.41. The van der Waals surface area contributed by atoms with Crippen molar-refractivity contribution < 1.29 is 14.2 Å². The minimum Gasteiger partial charge on any atom is -0.496 e. The van der Waals surface area contributed by atoms with Gasteiger partial charge < -0.3 is 25.3 Å². The molecule has 1 heterocycles. The van der Waals surface area contributed by atoms with Crippen molar-refractivity contribution in [3.8, 4) is 11.5 Å². The number of aryl methyl sites for hydroxylation is 1. The van der Waals surface area contributed by atoms with Crippen molar-refractivity contribution in [2.45, 2.75) is 19.4 Å². The maximum atomic E-state index is 5.99. The molecule has 3 N–H and O–H groups in total. The first-order chi connectivity index (χ1) is 15.0. The lowest BCUT2D eigenvalue weighted by Gasteiger charge is -2.27. The Morgan fingerprint density at radius 1 is 1.03 bits per heavy atom. The van der Waals surface area contributed by atoms with E-state index in [1.807, 2.05) is 68.4 Å². The molecular formula is C25H27N3O3. The zero-order chi connectivity index (χ0) is 21.8. The Bertz CT molecular complexity index is 1100. The first kappa shape index (κ1) is 20.6. The van der Waals surface area contributed by atoms with E-state index in [4.69, 9.17) is 24.9 Å². The minimum absolute atomic E-state index is 0.174. The number of nitrogens with two attached hydrogens (primary N) is 1. The Morgan fingerprint density at radius 3 is 2.48 bits per heavy atom. The van der Waals surface area contributed by atoms with Gasteiger partial charge in [-0.1, -0.05) is 24.3 Å². The van der Waals surface area contributed by atoms with Crippen LogP contribution in [-0.4, -0.2) is 26.3 Å². The van der Waals surface area contributed by atoms with Crippen LogP contribution in [0.2, 0.25) is 0 Å². The van der Waals surface area contributed by atoms with E-state index in [9.17, 15) is 0 Å². The third-order valence-corrected chi connectivity index (χ3v) is 5.36. The number of aliphatic imine (C=N–C) groups is 1. The number of methoxy groups -OCH3 is 1. The van der Waals surface area contributed by atoms with Crippen LogP contribution in [0, 0.1) is 6.92 Å². The van der Waals surface area contributed by atoms with Crippen molar-refractivity contribution in [3.63, 3.8) is 0 Å². The fraction of sp³-hybridized carbons (Fsp3) is 0.240. The Balaban J connectivity index is 1.84. The van der Waals surface area contributed by atoms with E-state index >= 15 is 0 Å². The number of rotatable bonds is 7. The smallest absolute Gasteiger partial charge is 0.283 e. The zero-order valence-corrected chi connectivity index (χ0v) is 18.0. The lowest BCUT2D eigenvalue weighted by Crippen LogP contribution is -2.27. The molecule has 0 spiro atoms. The number of nitrogens with zero attached hydrogens (tertiary/aromatic N) is 1. The van der Waals surface area contributed by atoms with Gasteiger partial charge in [0.1, 0.15) is 18.1 Å². The number of ether oxygens (including phenoxy) is 3. The van der Waals surface area contributed by atoms with Crippen LogP contribution in [0.3, 0.4) is 0 Å². The fourth-order valence-electron chi connectivity index (χ4n) is 3.88. The Kier molecular flexibility index (Phi) is 5.71. The van der Waals surface area contributed by atoms with Gasteiger partial charge in [-0.25, -0.2) is 4.99 Å². The van der Waals surface area contributed by atoms with Gasteiger partial charge in [-0.2, -0.15) is 0 Å². The van der Waals surface area contributed by atoms with Crippen LogP contribution in [0.1, 0.15) is 23.6 Å². The molecule has 4 rings (SSSR count). The van der Waals surface area contributed by atoms with Crippen LogP contribution in [0.5, 0.6) is 11.5 Å². The molecule has 1 aliphatic heterocycles. The zero-order valence-electron chi connectivity index (χ0n) is 18.0. The minimum atomic E-state index is -0.776. The van der Waals surface area contributed by atoms with E-state index in [0.29, 0.717) is 13.2 Å². The predicted octanol–water partition coefficient (Wildman–Crippen LogP) is 4.73. The maximum absolute atomic E-state index is 5.99. The van der Waals surface area contributed by atoms with Gasteiger partial charge in [-0.05, 0) is 66.9 Å². The molecule has 0 radical (unpaired) electrons. The summed E-state index contributed by atoms with van der Waals surface area (Å²) in [5.41, 5.74) is 10.0. The summed E-state index contributed by atoms with van der Waals surface area (Å²) in [4.78, 5) is 4.75. The molecule has 6 heteroatoms. The van der Waals surface area contributed by atoms with Gasteiger partial charge in [0.25, 0.3) is 6.02 Å². The molecule has 0 aliphatic carbocycles. The average molecular weight is 418 g/mol. The molecule has 3 aromatic carbocycles. The van der Waals surface area contributed by atoms with Crippen molar-refractivity contribution in [3.05, 3.63) is 83.4 Å². The molecule has 0 aromatic heterocycles. The van der Waals surface area contributed by atoms with Gasteiger partial charge in [-0.3, -0.25) is 0 Å². The van der Waals surface area contributed by atoms with Gasteiger partial charge in [0.05, 0.1) is 13.7 Å². The van der Waals surface area contributed by atoms with Crippen LogP contribution < -0.4 is 20.5 Å². The SMILES string of the molecule is CCOc1cc(Nc2ccccc2)cc([C@@]2(c3ccc(OC)c(C)c3)COC(N)=N2)c1. The second-order valence-corrected chi connectivity index (χ2v) is 7.45. The Morgan fingerprint density at radius 2 is 1.84 bits per heavy atom. The van der Waals surface area contributed by atoms with Gasteiger partial charge in [0, 0.05) is 17.4 Å². The molecule has 1 atom stereocenters. The highest BCUT2D eigenvalue weighted by atomic mass is 16.5. The summed E-state index contributed by atoms with van der Waals surface area (Å²) in [6.45, 7) is 4.85. The van der Waals surface area contributed by atoms with Crippen molar-refractivity contribution in [1.82, 2.24) is 0 Å². The van der Waals surface area contributed by atoms with Gasteiger partial charge in [0.2, 0.25) is 0 Å². The molecule has 0 saturated heterocycles. The number of para-hydroxylation sites is 1. The number of amidine groups is 1. The molecule has 6 nitrogen and oxygen atoms in total. The summed E-state index contributed by atoms with van der Waals surface area (Å²) in [6.07, 6.45) is 0. The van der Waals surface area contributed by atoms with E-state index in [-0.39, 0.29) is 6.02 Å². The molecule has 31 heavy (non-hydrogen) atoms. The van der Waals surface area contributed by atoms with E-state index < -0.39 is 5.54 Å². The fourth-order valence-corrected chi connectivity index (χ4v) is 3.88. The molecule has 0 saturated carbocycles. The Labute approximate surface area is 182 Å². The number of benzene rings is 3. The van der Waals surface area contributed by atoms with Gasteiger partial charge in [0.15, 0.2) is 5.54 Å². The van der Waals surface area contributed by atoms with E-state index in [1.54, 1.807) is 7.11 Å². The summed E-state index contributed by atoms with van der Waals surface area (Å²) in [5.74, 6) is 1.58. The quantitative estimate of drug-likeness (QED) is 0.581. The Hall–Kier alpha value is -3.67. The third-order valence-electron chi connectivity index (χ3n) is 5.36. The van der Waals surface area contributed by atoms with Crippen LogP contribution in [0.4, 0.5) is 11.4 Å². The number of anilines is 2. The first-order valence-corrected chi connectivity index (χ1v) is 10.3. The second-order valence-electron chi connectivity index (χ2n) is 7.45. The van der Waals surface area contributed by atoms with Crippen molar-refractivity contribution in [2.24, 2.45) is 10.7 Å². The predicted molar refractivity (Wildman–Crippen MR) is 123 cm³/mol. The lowest BCUT2D eigenvalue weighted by molar-refractivity contribution is 0.277.